The molecule has 1 atom stereocenters. The number of nitrogens with zero attached hydrogens (tertiary/aromatic N) is 5. The maximum absolute atomic E-state index is 13.8. The molecule has 0 unspecified atom stereocenters. The molecular weight excluding hydrogens is 464 g/mol. The smallest absolute Gasteiger partial charge is 0.248 e. The van der Waals surface area contributed by atoms with E-state index in [2.05, 4.69) is 34.4 Å². The number of para-hydroxylation sites is 1. The van der Waals surface area contributed by atoms with E-state index in [1.54, 1.807) is 9.58 Å². The molecule has 1 N–H and O–H groups in total. The standard InChI is InChI=1S/C25H34N6O3S/c1-19(2)9-10-26-25(33)24(22-8-5-17-35-22)30(12-11-29-13-15-34-16-14-29)23(32)18-31-21-7-4-3-6-20(21)27-28-31/h3-8,17,19,24H,9-16,18H2,1-2H3,(H,26,33)/t24-/m0/s1. The number of hydrogen-bond donors (Lipinski definition) is 1. The van der Waals surface area contributed by atoms with E-state index in [1.165, 1.54) is 11.3 Å². The van der Waals surface area contributed by atoms with Crippen LogP contribution in [0, 0.1) is 5.92 Å². The van der Waals surface area contributed by atoms with Crippen LogP contribution in [0.2, 0.25) is 0 Å². The summed E-state index contributed by atoms with van der Waals surface area (Å²) in [6, 6.07) is 10.7. The topological polar surface area (TPSA) is 92.6 Å². The number of aromatic nitrogens is 3. The third-order valence-electron chi connectivity index (χ3n) is 6.18. The number of hydrogen-bond acceptors (Lipinski definition) is 7. The number of fused-ring (bicyclic) bond motifs is 1. The van der Waals surface area contributed by atoms with Crippen molar-refractivity contribution in [2.24, 2.45) is 5.92 Å². The van der Waals surface area contributed by atoms with Crippen LogP contribution in [0.4, 0.5) is 0 Å². The van der Waals surface area contributed by atoms with Gasteiger partial charge in [-0.15, -0.1) is 16.4 Å². The predicted molar refractivity (Wildman–Crippen MR) is 136 cm³/mol. The summed E-state index contributed by atoms with van der Waals surface area (Å²) < 4.78 is 7.08. The fourth-order valence-electron chi connectivity index (χ4n) is 4.18. The Bertz CT molecular complexity index is 1090. The summed E-state index contributed by atoms with van der Waals surface area (Å²) in [5.41, 5.74) is 1.53. The van der Waals surface area contributed by atoms with Gasteiger partial charge in [0.25, 0.3) is 0 Å². The Morgan fingerprint density at radius 1 is 1.17 bits per heavy atom. The summed E-state index contributed by atoms with van der Waals surface area (Å²) >= 11 is 1.49. The second-order valence-corrected chi connectivity index (χ2v) is 10.1. The van der Waals surface area contributed by atoms with Crippen molar-refractivity contribution < 1.29 is 14.3 Å². The van der Waals surface area contributed by atoms with Gasteiger partial charge < -0.3 is 15.0 Å². The van der Waals surface area contributed by atoms with Crippen molar-refractivity contribution in [2.75, 3.05) is 45.9 Å². The number of nitrogens with one attached hydrogen (secondary N) is 1. The highest BCUT2D eigenvalue weighted by atomic mass is 32.1. The van der Waals surface area contributed by atoms with Gasteiger partial charge in [0.1, 0.15) is 18.1 Å². The molecule has 3 heterocycles. The van der Waals surface area contributed by atoms with Gasteiger partial charge in [-0.05, 0) is 35.9 Å². The molecule has 9 nitrogen and oxygen atoms in total. The molecule has 0 radical (unpaired) electrons. The summed E-state index contributed by atoms with van der Waals surface area (Å²) in [4.78, 5) is 32.1. The van der Waals surface area contributed by atoms with E-state index in [-0.39, 0.29) is 18.4 Å². The van der Waals surface area contributed by atoms with Crippen molar-refractivity contribution in [3.8, 4) is 0 Å². The fraction of sp³-hybridized carbons (Fsp3) is 0.520. The van der Waals surface area contributed by atoms with Crippen molar-refractivity contribution in [1.29, 1.82) is 0 Å². The van der Waals surface area contributed by atoms with Crippen LogP contribution in [-0.2, 0) is 20.9 Å². The molecule has 1 aromatic carbocycles. The molecule has 188 valence electrons. The minimum Gasteiger partial charge on any atom is -0.379 e. The fourth-order valence-corrected chi connectivity index (χ4v) is 5.01. The highest BCUT2D eigenvalue weighted by Gasteiger charge is 2.33. The summed E-state index contributed by atoms with van der Waals surface area (Å²) in [7, 11) is 0. The molecule has 1 aliphatic rings. The van der Waals surface area contributed by atoms with Crippen LogP contribution in [0.25, 0.3) is 11.0 Å². The minimum atomic E-state index is -0.689. The SMILES string of the molecule is CC(C)CCNC(=O)[C@H](c1cccs1)N(CCN1CCOCC1)C(=O)Cn1nnc2ccccc21. The van der Waals surface area contributed by atoms with Gasteiger partial charge in [-0.25, -0.2) is 4.68 Å². The molecule has 1 aliphatic heterocycles. The van der Waals surface area contributed by atoms with Crippen LogP contribution in [0.1, 0.15) is 31.2 Å². The van der Waals surface area contributed by atoms with Crippen molar-refractivity contribution >= 4 is 34.2 Å². The lowest BCUT2D eigenvalue weighted by atomic mass is 10.1. The maximum Gasteiger partial charge on any atom is 0.248 e. The van der Waals surface area contributed by atoms with Crippen LogP contribution in [0.3, 0.4) is 0 Å². The first-order valence-electron chi connectivity index (χ1n) is 12.2. The molecule has 4 rings (SSSR count). The zero-order valence-electron chi connectivity index (χ0n) is 20.4. The highest BCUT2D eigenvalue weighted by Crippen LogP contribution is 2.26. The number of carbonyl (C=O) groups is 2. The van der Waals surface area contributed by atoms with Crippen LogP contribution < -0.4 is 5.32 Å². The van der Waals surface area contributed by atoms with Gasteiger partial charge in [0.05, 0.1) is 18.7 Å². The molecule has 10 heteroatoms. The van der Waals surface area contributed by atoms with Crippen LogP contribution in [0.15, 0.2) is 41.8 Å². The molecule has 0 aliphatic carbocycles. The Hall–Kier alpha value is -2.82. The number of morpholine rings is 1. The Balaban J connectivity index is 1.58. The van der Waals surface area contributed by atoms with Gasteiger partial charge in [0.15, 0.2) is 0 Å². The van der Waals surface area contributed by atoms with E-state index in [1.807, 2.05) is 41.8 Å². The van der Waals surface area contributed by atoms with Crippen molar-refractivity contribution in [1.82, 2.24) is 30.1 Å². The monoisotopic (exact) mass is 498 g/mol. The van der Waals surface area contributed by atoms with E-state index >= 15 is 0 Å². The summed E-state index contributed by atoms with van der Waals surface area (Å²) in [6.45, 7) is 8.97. The maximum atomic E-state index is 13.8. The molecule has 1 fully saturated rings. The summed E-state index contributed by atoms with van der Waals surface area (Å²) in [5.74, 6) is 0.174. The van der Waals surface area contributed by atoms with Crippen LogP contribution in [-0.4, -0.2) is 82.5 Å². The first-order chi connectivity index (χ1) is 17.0. The van der Waals surface area contributed by atoms with Gasteiger partial charge in [-0.3, -0.25) is 14.5 Å². The van der Waals surface area contributed by atoms with Gasteiger partial charge in [-0.2, -0.15) is 0 Å². The molecule has 1 saturated heterocycles. The molecule has 3 aromatic rings. The number of benzene rings is 1. The lowest BCUT2D eigenvalue weighted by Gasteiger charge is -2.34. The minimum absolute atomic E-state index is 0.0186. The van der Waals surface area contributed by atoms with E-state index in [4.69, 9.17) is 4.74 Å². The Morgan fingerprint density at radius 3 is 2.71 bits per heavy atom. The quantitative estimate of drug-likeness (QED) is 0.437. The summed E-state index contributed by atoms with van der Waals surface area (Å²) in [5, 5.41) is 13.4. The number of ether oxygens (including phenoxy) is 1. The largest absolute Gasteiger partial charge is 0.379 e. The predicted octanol–water partition coefficient (Wildman–Crippen LogP) is 2.56. The number of amides is 2. The lowest BCUT2D eigenvalue weighted by Crippen LogP contribution is -2.49. The zero-order valence-corrected chi connectivity index (χ0v) is 21.2. The summed E-state index contributed by atoms with van der Waals surface area (Å²) in [6.07, 6.45) is 0.884. The van der Waals surface area contributed by atoms with E-state index < -0.39 is 6.04 Å². The van der Waals surface area contributed by atoms with Gasteiger partial charge in [0, 0.05) is 37.6 Å². The molecular formula is C25H34N6O3S. The normalized spacial score (nSPS) is 15.4. The molecule has 0 spiro atoms. The van der Waals surface area contributed by atoms with E-state index in [0.29, 0.717) is 38.8 Å². The molecule has 35 heavy (non-hydrogen) atoms. The first kappa shape index (κ1) is 25.3. The van der Waals surface area contributed by atoms with Gasteiger partial charge in [0.2, 0.25) is 11.8 Å². The van der Waals surface area contributed by atoms with Crippen molar-refractivity contribution in [2.45, 2.75) is 32.9 Å². The Kier molecular flexibility index (Phi) is 8.84. The van der Waals surface area contributed by atoms with Crippen molar-refractivity contribution in [3.63, 3.8) is 0 Å². The molecule has 0 bridgehead atoms. The zero-order chi connectivity index (χ0) is 24.6. The van der Waals surface area contributed by atoms with Gasteiger partial charge >= 0.3 is 0 Å². The van der Waals surface area contributed by atoms with Crippen LogP contribution >= 0.6 is 11.3 Å². The second kappa shape index (κ2) is 12.2. The Morgan fingerprint density at radius 2 is 1.97 bits per heavy atom. The molecule has 2 aromatic heterocycles. The molecule has 2 amide bonds. The highest BCUT2D eigenvalue weighted by molar-refractivity contribution is 7.10. The number of rotatable bonds is 11. The Labute approximate surface area is 210 Å². The third-order valence-corrected chi connectivity index (χ3v) is 7.10. The van der Waals surface area contributed by atoms with Crippen LogP contribution in [0.5, 0.6) is 0 Å². The lowest BCUT2D eigenvalue weighted by molar-refractivity contribution is -0.141. The van der Waals surface area contributed by atoms with E-state index in [0.717, 1.165) is 35.4 Å². The van der Waals surface area contributed by atoms with E-state index in [9.17, 15) is 9.59 Å². The average molecular weight is 499 g/mol. The number of carbonyl (C=O) groups excluding carboxylic acids is 2. The number of thiophene rings is 1. The molecule has 0 saturated carbocycles. The second-order valence-electron chi connectivity index (χ2n) is 9.17. The van der Waals surface area contributed by atoms with Crippen molar-refractivity contribution in [3.05, 3.63) is 46.7 Å². The first-order valence-corrected chi connectivity index (χ1v) is 13.1. The average Bonchev–Trinajstić information content (AvgIpc) is 3.52. The van der Waals surface area contributed by atoms with Gasteiger partial charge in [-0.1, -0.05) is 37.3 Å². The third kappa shape index (κ3) is 6.65.